The van der Waals surface area contributed by atoms with Gasteiger partial charge in [-0.25, -0.2) is 4.79 Å². The van der Waals surface area contributed by atoms with Crippen LogP contribution in [0, 0.1) is 16.0 Å². The highest BCUT2D eigenvalue weighted by Gasteiger charge is 2.24. The number of nitrogens with one attached hydrogen (secondary N) is 2. The lowest BCUT2D eigenvalue weighted by atomic mass is 9.97. The topological polar surface area (TPSA) is 93.5 Å². The van der Waals surface area contributed by atoms with E-state index in [2.05, 4.69) is 10.6 Å². The van der Waals surface area contributed by atoms with Crippen LogP contribution in [0.1, 0.15) is 13.3 Å². The van der Waals surface area contributed by atoms with E-state index >= 15 is 0 Å². The van der Waals surface area contributed by atoms with E-state index in [4.69, 9.17) is 4.74 Å². The molecule has 1 amide bonds. The minimum absolute atomic E-state index is 0.0736. The van der Waals surface area contributed by atoms with Crippen molar-refractivity contribution in [1.82, 2.24) is 5.32 Å². The Kier molecular flexibility index (Phi) is 4.52. The number of non-ortho nitro benzene ring substituents is 1. The number of carbonyl (C=O) groups is 1. The van der Waals surface area contributed by atoms with Gasteiger partial charge >= 0.3 is 6.09 Å². The lowest BCUT2D eigenvalue weighted by Crippen LogP contribution is -2.42. The van der Waals surface area contributed by atoms with Crippen LogP contribution >= 0.6 is 0 Å². The number of anilines is 1. The summed E-state index contributed by atoms with van der Waals surface area (Å²) in [6.45, 7) is 3.59. The number of rotatable bonds is 3. The average molecular weight is 279 g/mol. The van der Waals surface area contributed by atoms with Gasteiger partial charge in [0.05, 0.1) is 10.6 Å². The molecule has 1 heterocycles. The van der Waals surface area contributed by atoms with Gasteiger partial charge in [-0.2, -0.15) is 0 Å². The van der Waals surface area contributed by atoms with Crippen molar-refractivity contribution in [1.29, 1.82) is 0 Å². The largest absolute Gasteiger partial charge is 0.444 e. The summed E-state index contributed by atoms with van der Waals surface area (Å²) in [6, 6.07) is 5.75. The number of carbonyl (C=O) groups excluding carboxylic acids is 1. The van der Waals surface area contributed by atoms with Gasteiger partial charge in [-0.1, -0.05) is 13.0 Å². The smallest absolute Gasteiger partial charge is 0.411 e. The first-order valence-electron chi connectivity index (χ1n) is 6.49. The van der Waals surface area contributed by atoms with Crippen LogP contribution in [0.4, 0.5) is 16.2 Å². The third kappa shape index (κ3) is 3.67. The Morgan fingerprint density at radius 1 is 1.55 bits per heavy atom. The third-order valence-electron chi connectivity index (χ3n) is 3.32. The molecule has 1 saturated heterocycles. The number of hydrogen-bond acceptors (Lipinski definition) is 5. The molecule has 0 saturated carbocycles. The number of hydrogen-bond donors (Lipinski definition) is 2. The summed E-state index contributed by atoms with van der Waals surface area (Å²) in [5.41, 5.74) is 0.274. The zero-order valence-corrected chi connectivity index (χ0v) is 11.2. The van der Waals surface area contributed by atoms with Crippen molar-refractivity contribution in [3.8, 4) is 0 Å². The van der Waals surface area contributed by atoms with Crippen LogP contribution < -0.4 is 10.6 Å². The Hall–Kier alpha value is -2.15. The van der Waals surface area contributed by atoms with E-state index in [0.717, 1.165) is 13.0 Å². The van der Waals surface area contributed by atoms with Gasteiger partial charge in [0.15, 0.2) is 0 Å². The van der Waals surface area contributed by atoms with Gasteiger partial charge in [-0.15, -0.1) is 0 Å². The first-order chi connectivity index (χ1) is 9.56. The second-order valence-electron chi connectivity index (χ2n) is 4.85. The standard InChI is InChI=1S/C13H17N3O4/c1-9-5-6-14-8-12(9)20-13(17)15-10-3-2-4-11(7-10)16(18)19/h2-4,7,9,12,14H,5-6,8H2,1H3,(H,15,17). The molecule has 0 aliphatic carbocycles. The van der Waals surface area contributed by atoms with Crippen molar-refractivity contribution in [2.45, 2.75) is 19.4 Å². The van der Waals surface area contributed by atoms with Crippen LogP contribution in [0.5, 0.6) is 0 Å². The van der Waals surface area contributed by atoms with Crippen molar-refractivity contribution < 1.29 is 14.5 Å². The van der Waals surface area contributed by atoms with Crippen LogP contribution in [0.15, 0.2) is 24.3 Å². The Morgan fingerprint density at radius 3 is 3.05 bits per heavy atom. The molecule has 20 heavy (non-hydrogen) atoms. The molecule has 2 unspecified atom stereocenters. The number of ether oxygens (including phenoxy) is 1. The van der Waals surface area contributed by atoms with E-state index in [9.17, 15) is 14.9 Å². The number of amides is 1. The summed E-state index contributed by atoms with van der Waals surface area (Å²) < 4.78 is 5.33. The molecule has 0 spiro atoms. The quantitative estimate of drug-likeness (QED) is 0.653. The zero-order chi connectivity index (χ0) is 14.5. The summed E-state index contributed by atoms with van der Waals surface area (Å²) in [7, 11) is 0. The summed E-state index contributed by atoms with van der Waals surface area (Å²) in [4.78, 5) is 21.9. The Bertz CT molecular complexity index is 506. The van der Waals surface area contributed by atoms with E-state index in [-0.39, 0.29) is 11.8 Å². The molecule has 1 aliphatic heterocycles. The fourth-order valence-electron chi connectivity index (χ4n) is 2.10. The monoisotopic (exact) mass is 279 g/mol. The van der Waals surface area contributed by atoms with Crippen LogP contribution in [-0.4, -0.2) is 30.2 Å². The van der Waals surface area contributed by atoms with Gasteiger partial charge in [0.25, 0.3) is 5.69 Å². The van der Waals surface area contributed by atoms with E-state index < -0.39 is 11.0 Å². The summed E-state index contributed by atoms with van der Waals surface area (Å²) in [5, 5.41) is 16.3. The highest BCUT2D eigenvalue weighted by atomic mass is 16.6. The molecule has 1 aromatic rings. The van der Waals surface area contributed by atoms with Gasteiger partial charge in [-0.3, -0.25) is 15.4 Å². The van der Waals surface area contributed by atoms with Gasteiger partial charge in [-0.05, 0) is 24.9 Å². The molecule has 7 heteroatoms. The normalized spacial score (nSPS) is 22.1. The molecule has 1 fully saturated rings. The summed E-state index contributed by atoms with van der Waals surface area (Å²) >= 11 is 0. The maximum Gasteiger partial charge on any atom is 0.411 e. The van der Waals surface area contributed by atoms with Crippen molar-refractivity contribution in [3.05, 3.63) is 34.4 Å². The number of nitro groups is 1. The Balaban J connectivity index is 1.94. The van der Waals surface area contributed by atoms with E-state index in [1.807, 2.05) is 6.92 Å². The van der Waals surface area contributed by atoms with Gasteiger partial charge in [0, 0.05) is 18.7 Å². The average Bonchev–Trinajstić information content (AvgIpc) is 2.41. The lowest BCUT2D eigenvalue weighted by Gasteiger charge is -2.29. The SMILES string of the molecule is CC1CCNCC1OC(=O)Nc1cccc([N+](=O)[O-])c1. The van der Waals surface area contributed by atoms with Crippen LogP contribution in [0.3, 0.4) is 0 Å². The predicted molar refractivity (Wildman–Crippen MR) is 73.6 cm³/mol. The molecular formula is C13H17N3O4. The zero-order valence-electron chi connectivity index (χ0n) is 11.2. The second-order valence-corrected chi connectivity index (χ2v) is 4.85. The Labute approximate surface area is 116 Å². The molecule has 1 aromatic carbocycles. The van der Waals surface area contributed by atoms with Crippen molar-refractivity contribution in [3.63, 3.8) is 0 Å². The number of nitro benzene ring substituents is 1. The lowest BCUT2D eigenvalue weighted by molar-refractivity contribution is -0.384. The number of nitrogens with zero attached hydrogens (tertiary/aromatic N) is 1. The molecule has 0 aromatic heterocycles. The minimum atomic E-state index is -0.592. The van der Waals surface area contributed by atoms with Gasteiger partial charge in [0.2, 0.25) is 0 Å². The van der Waals surface area contributed by atoms with E-state index in [1.54, 1.807) is 6.07 Å². The van der Waals surface area contributed by atoms with E-state index in [1.165, 1.54) is 18.2 Å². The molecule has 108 valence electrons. The minimum Gasteiger partial charge on any atom is -0.444 e. The Morgan fingerprint density at radius 2 is 2.35 bits per heavy atom. The van der Waals surface area contributed by atoms with Crippen LogP contribution in [0.2, 0.25) is 0 Å². The first-order valence-corrected chi connectivity index (χ1v) is 6.49. The molecule has 0 bridgehead atoms. The van der Waals surface area contributed by atoms with Crippen molar-refractivity contribution in [2.24, 2.45) is 5.92 Å². The second kappa shape index (κ2) is 6.33. The third-order valence-corrected chi connectivity index (χ3v) is 3.32. The highest BCUT2D eigenvalue weighted by Crippen LogP contribution is 2.19. The van der Waals surface area contributed by atoms with E-state index in [0.29, 0.717) is 18.2 Å². The van der Waals surface area contributed by atoms with Crippen LogP contribution in [-0.2, 0) is 4.74 Å². The maximum atomic E-state index is 11.8. The molecular weight excluding hydrogens is 262 g/mol. The molecule has 2 rings (SSSR count). The van der Waals surface area contributed by atoms with Crippen LogP contribution in [0.25, 0.3) is 0 Å². The number of piperidine rings is 1. The first kappa shape index (κ1) is 14.3. The maximum absolute atomic E-state index is 11.8. The molecule has 2 atom stereocenters. The van der Waals surface area contributed by atoms with Gasteiger partial charge < -0.3 is 10.1 Å². The molecule has 2 N–H and O–H groups in total. The molecule has 1 aliphatic rings. The molecule has 0 radical (unpaired) electrons. The predicted octanol–water partition coefficient (Wildman–Crippen LogP) is 2.14. The summed E-state index contributed by atoms with van der Waals surface area (Å²) in [6.07, 6.45) is 0.183. The fourth-order valence-corrected chi connectivity index (χ4v) is 2.10. The fraction of sp³-hybridized carbons (Fsp3) is 0.462. The number of benzene rings is 1. The van der Waals surface area contributed by atoms with Crippen molar-refractivity contribution in [2.75, 3.05) is 18.4 Å². The highest BCUT2D eigenvalue weighted by molar-refractivity contribution is 5.85. The molecule has 7 nitrogen and oxygen atoms in total. The van der Waals surface area contributed by atoms with Crippen molar-refractivity contribution >= 4 is 17.5 Å². The van der Waals surface area contributed by atoms with Gasteiger partial charge in [0.1, 0.15) is 6.10 Å². The summed E-state index contributed by atoms with van der Waals surface area (Å²) in [5.74, 6) is 0.298.